The van der Waals surface area contributed by atoms with Gasteiger partial charge in [0.2, 0.25) is 0 Å². The highest BCUT2D eigenvalue weighted by Crippen LogP contribution is 2.37. The molecule has 0 amide bonds. The van der Waals surface area contributed by atoms with Gasteiger partial charge in [0.25, 0.3) is 0 Å². The van der Waals surface area contributed by atoms with E-state index >= 15 is 0 Å². The van der Waals surface area contributed by atoms with Crippen LogP contribution < -0.4 is 0 Å². The van der Waals surface area contributed by atoms with E-state index in [-0.39, 0.29) is 0 Å². The molecular formula is C12H6Br4. The molecule has 4 heteroatoms. The van der Waals surface area contributed by atoms with Crippen LogP contribution in [0.25, 0.3) is 11.1 Å². The second-order valence-electron chi connectivity index (χ2n) is 3.23. The van der Waals surface area contributed by atoms with Crippen molar-refractivity contribution in [2.45, 2.75) is 0 Å². The fourth-order valence-electron chi connectivity index (χ4n) is 1.41. The van der Waals surface area contributed by atoms with Crippen LogP contribution in [0.3, 0.4) is 0 Å². The highest BCUT2D eigenvalue weighted by atomic mass is 79.9. The second-order valence-corrected chi connectivity index (χ2v) is 6.59. The molecule has 0 aromatic heterocycles. The van der Waals surface area contributed by atoms with Gasteiger partial charge in [-0.15, -0.1) is 0 Å². The Morgan fingerprint density at radius 2 is 1.25 bits per heavy atom. The van der Waals surface area contributed by atoms with E-state index in [1.165, 1.54) is 5.56 Å². The quantitative estimate of drug-likeness (QED) is 0.424. The summed E-state index contributed by atoms with van der Waals surface area (Å²) in [6, 6.07) is 12.4. The zero-order chi connectivity index (χ0) is 11.7. The van der Waals surface area contributed by atoms with Crippen LogP contribution in [0.15, 0.2) is 54.3 Å². The van der Waals surface area contributed by atoms with Crippen LogP contribution in [0, 0.1) is 0 Å². The third-order valence-electron chi connectivity index (χ3n) is 2.17. The van der Waals surface area contributed by atoms with E-state index in [2.05, 4.69) is 81.9 Å². The molecular weight excluding hydrogens is 464 g/mol. The smallest absolute Gasteiger partial charge is 0.0459 e. The van der Waals surface area contributed by atoms with E-state index in [0.29, 0.717) is 0 Å². The Kier molecular flexibility index (Phi) is 4.27. The van der Waals surface area contributed by atoms with Crippen LogP contribution in [0.2, 0.25) is 0 Å². The summed E-state index contributed by atoms with van der Waals surface area (Å²) in [4.78, 5) is 0. The summed E-state index contributed by atoms with van der Waals surface area (Å²) in [6.45, 7) is 0. The van der Waals surface area contributed by atoms with Crippen molar-refractivity contribution in [3.63, 3.8) is 0 Å². The molecule has 0 N–H and O–H groups in total. The van der Waals surface area contributed by atoms with E-state index in [4.69, 9.17) is 0 Å². The molecule has 0 atom stereocenters. The molecule has 16 heavy (non-hydrogen) atoms. The van der Waals surface area contributed by atoms with E-state index in [1.807, 2.05) is 18.2 Å². The van der Waals surface area contributed by atoms with Crippen LogP contribution in [-0.2, 0) is 0 Å². The third-order valence-corrected chi connectivity index (χ3v) is 6.03. The summed E-state index contributed by atoms with van der Waals surface area (Å²) in [7, 11) is 0. The minimum Gasteiger partial charge on any atom is -0.0616 e. The van der Waals surface area contributed by atoms with E-state index < -0.39 is 0 Å². The molecule has 0 saturated carbocycles. The lowest BCUT2D eigenvalue weighted by Crippen LogP contribution is -1.82. The van der Waals surface area contributed by atoms with Crippen molar-refractivity contribution in [2.24, 2.45) is 0 Å². The number of halogens is 4. The number of hydrogen-bond donors (Lipinski definition) is 0. The van der Waals surface area contributed by atoms with E-state index in [9.17, 15) is 0 Å². The van der Waals surface area contributed by atoms with Gasteiger partial charge < -0.3 is 0 Å². The minimum absolute atomic E-state index is 1.03. The Labute approximate surface area is 128 Å². The Bertz CT molecular complexity index is 511. The van der Waals surface area contributed by atoms with Crippen molar-refractivity contribution in [1.82, 2.24) is 0 Å². The molecule has 0 aliphatic heterocycles. The van der Waals surface area contributed by atoms with Crippen LogP contribution >= 0.6 is 63.7 Å². The lowest BCUT2D eigenvalue weighted by Gasteiger charge is -2.08. The van der Waals surface area contributed by atoms with Gasteiger partial charge in [0.05, 0.1) is 0 Å². The normalized spacial score (nSPS) is 10.5. The van der Waals surface area contributed by atoms with Crippen molar-refractivity contribution < 1.29 is 0 Å². The Morgan fingerprint density at radius 3 is 1.81 bits per heavy atom. The van der Waals surface area contributed by atoms with Crippen LogP contribution in [0.1, 0.15) is 0 Å². The standard InChI is InChI=1S/C12H6Br4/c13-9-4-2-1-3-8(9)7-5-10(14)12(16)11(15)6-7/h1-6H. The molecule has 0 aliphatic carbocycles. The van der Waals surface area contributed by atoms with Gasteiger partial charge in [-0.1, -0.05) is 34.1 Å². The van der Waals surface area contributed by atoms with Crippen molar-refractivity contribution in [3.8, 4) is 11.1 Å². The van der Waals surface area contributed by atoms with Gasteiger partial charge in [0.15, 0.2) is 0 Å². The molecule has 2 aromatic carbocycles. The van der Waals surface area contributed by atoms with Gasteiger partial charge >= 0.3 is 0 Å². The molecule has 0 bridgehead atoms. The van der Waals surface area contributed by atoms with Gasteiger partial charge in [-0.05, 0) is 77.1 Å². The molecule has 0 radical (unpaired) electrons. The van der Waals surface area contributed by atoms with Crippen molar-refractivity contribution in [2.75, 3.05) is 0 Å². The minimum atomic E-state index is 1.03. The topological polar surface area (TPSA) is 0 Å². The predicted octanol–water partition coefficient (Wildman–Crippen LogP) is 6.40. The Balaban J connectivity index is 2.62. The lowest BCUT2D eigenvalue weighted by molar-refractivity contribution is 1.50. The lowest BCUT2D eigenvalue weighted by atomic mass is 10.1. The monoisotopic (exact) mass is 466 g/mol. The van der Waals surface area contributed by atoms with Gasteiger partial charge in [0, 0.05) is 17.9 Å². The first-order valence-corrected chi connectivity index (χ1v) is 7.66. The first kappa shape index (κ1) is 12.8. The first-order chi connectivity index (χ1) is 7.59. The van der Waals surface area contributed by atoms with E-state index in [1.54, 1.807) is 0 Å². The number of rotatable bonds is 1. The van der Waals surface area contributed by atoms with Gasteiger partial charge in [-0.3, -0.25) is 0 Å². The average Bonchev–Trinajstić information content (AvgIpc) is 2.26. The second kappa shape index (κ2) is 5.34. The van der Waals surface area contributed by atoms with Gasteiger partial charge in [-0.2, -0.15) is 0 Å². The summed E-state index contributed by atoms with van der Waals surface area (Å²) in [5.74, 6) is 0. The van der Waals surface area contributed by atoms with Gasteiger partial charge in [0.1, 0.15) is 0 Å². The maximum atomic E-state index is 3.56. The van der Waals surface area contributed by atoms with Crippen molar-refractivity contribution in [1.29, 1.82) is 0 Å². The molecule has 2 aromatic rings. The highest BCUT2D eigenvalue weighted by Gasteiger charge is 2.08. The largest absolute Gasteiger partial charge is 0.0616 e. The predicted molar refractivity (Wildman–Crippen MR) is 82.7 cm³/mol. The number of benzene rings is 2. The molecule has 0 heterocycles. The molecule has 0 fully saturated rings. The zero-order valence-electron chi connectivity index (χ0n) is 7.98. The van der Waals surface area contributed by atoms with Crippen LogP contribution in [-0.4, -0.2) is 0 Å². The molecule has 2 rings (SSSR count). The maximum absolute atomic E-state index is 3.56. The molecule has 0 aliphatic rings. The summed E-state index contributed by atoms with van der Waals surface area (Å²) in [5.41, 5.74) is 2.34. The summed E-state index contributed by atoms with van der Waals surface area (Å²) in [6.07, 6.45) is 0. The number of hydrogen-bond acceptors (Lipinski definition) is 0. The Morgan fingerprint density at radius 1 is 0.688 bits per heavy atom. The molecule has 0 spiro atoms. The average molecular weight is 470 g/mol. The third kappa shape index (κ3) is 2.61. The zero-order valence-corrected chi connectivity index (χ0v) is 14.3. The SMILES string of the molecule is Brc1ccccc1-c1cc(Br)c(Br)c(Br)c1. The fraction of sp³-hybridized carbons (Fsp3) is 0. The van der Waals surface area contributed by atoms with Crippen molar-refractivity contribution >= 4 is 63.7 Å². The fourth-order valence-corrected chi connectivity index (χ4v) is 3.34. The maximum Gasteiger partial charge on any atom is 0.0459 e. The van der Waals surface area contributed by atoms with Crippen molar-refractivity contribution in [3.05, 3.63) is 54.3 Å². The highest BCUT2D eigenvalue weighted by molar-refractivity contribution is 9.14. The van der Waals surface area contributed by atoms with Crippen LogP contribution in [0.4, 0.5) is 0 Å². The molecule has 0 unspecified atom stereocenters. The first-order valence-electron chi connectivity index (χ1n) is 4.49. The molecule has 0 saturated heterocycles. The summed E-state index contributed by atoms with van der Waals surface area (Å²) >= 11 is 14.1. The molecule has 82 valence electrons. The van der Waals surface area contributed by atoms with Gasteiger partial charge in [-0.25, -0.2) is 0 Å². The molecule has 0 nitrogen and oxygen atoms in total. The van der Waals surface area contributed by atoms with Crippen LogP contribution in [0.5, 0.6) is 0 Å². The summed E-state index contributed by atoms with van der Waals surface area (Å²) < 4.78 is 4.19. The Hall–Kier alpha value is 0.360. The summed E-state index contributed by atoms with van der Waals surface area (Å²) in [5, 5.41) is 0. The van der Waals surface area contributed by atoms with E-state index in [0.717, 1.165) is 23.5 Å².